The van der Waals surface area contributed by atoms with Crippen molar-refractivity contribution in [3.8, 4) is 0 Å². The summed E-state index contributed by atoms with van der Waals surface area (Å²) in [6, 6.07) is 2.55. The molecule has 16 heavy (non-hydrogen) atoms. The van der Waals surface area contributed by atoms with Gasteiger partial charge >= 0.3 is 6.18 Å². The molecule has 88 valence electrons. The molecule has 3 nitrogen and oxygen atoms in total. The molecule has 1 aromatic heterocycles. The van der Waals surface area contributed by atoms with Crippen LogP contribution in [-0.2, 0) is 0 Å². The van der Waals surface area contributed by atoms with Crippen LogP contribution in [0.4, 0.5) is 13.2 Å². The summed E-state index contributed by atoms with van der Waals surface area (Å²) in [7, 11) is 0. The van der Waals surface area contributed by atoms with Crippen LogP contribution in [0.15, 0.2) is 22.8 Å². The van der Waals surface area contributed by atoms with Crippen molar-refractivity contribution in [3.05, 3.63) is 24.2 Å². The van der Waals surface area contributed by atoms with Gasteiger partial charge in [0.15, 0.2) is 5.76 Å². The van der Waals surface area contributed by atoms with Crippen LogP contribution in [-0.4, -0.2) is 29.6 Å². The molecule has 0 N–H and O–H groups in total. The molecule has 0 aromatic carbocycles. The van der Waals surface area contributed by atoms with Crippen LogP contribution in [0.3, 0.4) is 0 Å². The maximum absolute atomic E-state index is 12.3. The van der Waals surface area contributed by atoms with Gasteiger partial charge in [0.2, 0.25) is 0 Å². The van der Waals surface area contributed by atoms with E-state index < -0.39 is 18.6 Å². The third-order valence-electron chi connectivity index (χ3n) is 2.33. The Morgan fingerprint density at radius 3 is 2.62 bits per heavy atom. The minimum absolute atomic E-state index is 0.0452. The van der Waals surface area contributed by atoms with Crippen LogP contribution in [0, 0.1) is 0 Å². The van der Waals surface area contributed by atoms with Crippen molar-refractivity contribution < 1.29 is 22.4 Å². The lowest BCUT2D eigenvalue weighted by molar-refractivity contribution is -0.141. The molecule has 6 heteroatoms. The number of hydrogen-bond donors (Lipinski definition) is 0. The second-order valence-electron chi connectivity index (χ2n) is 3.76. The van der Waals surface area contributed by atoms with Gasteiger partial charge in [-0.1, -0.05) is 0 Å². The lowest BCUT2D eigenvalue weighted by atomic mass is 10.3. The largest absolute Gasteiger partial charge is 0.459 e. The lowest BCUT2D eigenvalue weighted by Gasteiger charge is -2.22. The average Bonchev–Trinajstić information content (AvgIpc) is 2.87. The fourth-order valence-electron chi connectivity index (χ4n) is 1.49. The van der Waals surface area contributed by atoms with Crippen molar-refractivity contribution >= 4 is 5.91 Å². The van der Waals surface area contributed by atoms with Crippen LogP contribution in [0.2, 0.25) is 0 Å². The molecule has 0 spiro atoms. The number of carbonyl (C=O) groups is 1. The maximum atomic E-state index is 12.3. The summed E-state index contributed by atoms with van der Waals surface area (Å²) < 4.78 is 41.6. The minimum atomic E-state index is -4.37. The van der Waals surface area contributed by atoms with Crippen LogP contribution in [0.1, 0.15) is 23.4 Å². The summed E-state index contributed by atoms with van der Waals surface area (Å²) in [5.41, 5.74) is 0. The zero-order valence-corrected chi connectivity index (χ0v) is 8.33. The Morgan fingerprint density at radius 2 is 2.19 bits per heavy atom. The molecule has 1 saturated carbocycles. The van der Waals surface area contributed by atoms with E-state index in [0.717, 1.165) is 4.90 Å². The van der Waals surface area contributed by atoms with Crippen molar-refractivity contribution in [1.29, 1.82) is 0 Å². The standard InChI is InChI=1S/C10H10F3NO2/c11-10(12,13)6-14(7-3-4-7)9(15)8-2-1-5-16-8/h1-2,5,7H,3-4,6H2. The van der Waals surface area contributed by atoms with E-state index in [4.69, 9.17) is 4.42 Å². The number of halogens is 3. The van der Waals surface area contributed by atoms with Gasteiger partial charge in [-0.2, -0.15) is 13.2 Å². The fourth-order valence-corrected chi connectivity index (χ4v) is 1.49. The predicted octanol–water partition coefficient (Wildman–Crippen LogP) is 2.45. The molecular weight excluding hydrogens is 223 g/mol. The van der Waals surface area contributed by atoms with Gasteiger partial charge in [-0.25, -0.2) is 0 Å². The van der Waals surface area contributed by atoms with Crippen molar-refractivity contribution in [2.45, 2.75) is 25.1 Å². The monoisotopic (exact) mass is 233 g/mol. The van der Waals surface area contributed by atoms with E-state index in [-0.39, 0.29) is 11.8 Å². The third-order valence-corrected chi connectivity index (χ3v) is 2.33. The van der Waals surface area contributed by atoms with Gasteiger partial charge in [0.05, 0.1) is 6.26 Å². The number of furan rings is 1. The number of alkyl halides is 3. The summed E-state index contributed by atoms with van der Waals surface area (Å²) >= 11 is 0. The van der Waals surface area contributed by atoms with E-state index in [0.29, 0.717) is 12.8 Å². The first-order valence-corrected chi connectivity index (χ1v) is 4.88. The Morgan fingerprint density at radius 1 is 1.50 bits per heavy atom. The SMILES string of the molecule is O=C(c1ccco1)N(CC(F)(F)F)C1CC1. The highest BCUT2D eigenvalue weighted by molar-refractivity contribution is 5.91. The Hall–Kier alpha value is -1.46. The summed E-state index contributed by atoms with van der Waals surface area (Å²) in [6.07, 6.45) is -1.85. The molecule has 0 atom stereocenters. The Kier molecular flexibility index (Phi) is 2.65. The quantitative estimate of drug-likeness (QED) is 0.803. The van der Waals surface area contributed by atoms with Crippen molar-refractivity contribution in [1.82, 2.24) is 4.90 Å². The first-order valence-electron chi connectivity index (χ1n) is 4.88. The van der Waals surface area contributed by atoms with Crippen LogP contribution < -0.4 is 0 Å². The van der Waals surface area contributed by atoms with Crippen molar-refractivity contribution in [2.24, 2.45) is 0 Å². The highest BCUT2D eigenvalue weighted by atomic mass is 19.4. The van der Waals surface area contributed by atoms with E-state index >= 15 is 0 Å². The van der Waals surface area contributed by atoms with Crippen molar-refractivity contribution in [3.63, 3.8) is 0 Å². The summed E-state index contributed by atoms with van der Waals surface area (Å²) in [4.78, 5) is 12.5. The molecule has 1 aliphatic carbocycles. The molecule has 0 bridgehead atoms. The summed E-state index contributed by atoms with van der Waals surface area (Å²) in [6.45, 7) is -1.21. The molecule has 1 heterocycles. The number of carbonyl (C=O) groups excluding carboxylic acids is 1. The van der Waals surface area contributed by atoms with Crippen molar-refractivity contribution in [2.75, 3.05) is 6.54 Å². The first-order chi connectivity index (χ1) is 7.47. The van der Waals surface area contributed by atoms with Gasteiger partial charge in [0, 0.05) is 6.04 Å². The highest BCUT2D eigenvalue weighted by Gasteiger charge is 2.41. The van der Waals surface area contributed by atoms with Gasteiger partial charge in [-0.05, 0) is 25.0 Å². The molecule has 1 amide bonds. The third kappa shape index (κ3) is 2.56. The second-order valence-corrected chi connectivity index (χ2v) is 3.76. The number of rotatable bonds is 3. The number of hydrogen-bond acceptors (Lipinski definition) is 2. The topological polar surface area (TPSA) is 33.5 Å². The van der Waals surface area contributed by atoms with Gasteiger partial charge in [-0.3, -0.25) is 4.79 Å². The van der Waals surface area contributed by atoms with Gasteiger partial charge in [-0.15, -0.1) is 0 Å². The second kappa shape index (κ2) is 3.84. The molecule has 0 radical (unpaired) electrons. The van der Waals surface area contributed by atoms with E-state index in [9.17, 15) is 18.0 Å². The molecule has 0 unspecified atom stereocenters. The van der Waals surface area contributed by atoms with E-state index in [1.807, 2.05) is 0 Å². The van der Waals surface area contributed by atoms with Gasteiger partial charge in [0.1, 0.15) is 6.54 Å². The fraction of sp³-hybridized carbons (Fsp3) is 0.500. The Balaban J connectivity index is 2.11. The lowest BCUT2D eigenvalue weighted by Crippen LogP contribution is -2.40. The van der Waals surface area contributed by atoms with Crippen LogP contribution >= 0.6 is 0 Å². The van der Waals surface area contributed by atoms with E-state index in [1.54, 1.807) is 0 Å². The molecule has 1 aliphatic rings. The summed E-state index contributed by atoms with van der Waals surface area (Å²) in [5.74, 6) is -0.735. The van der Waals surface area contributed by atoms with Crippen LogP contribution in [0.25, 0.3) is 0 Å². The molecule has 0 saturated heterocycles. The highest BCUT2D eigenvalue weighted by Crippen LogP contribution is 2.31. The summed E-state index contributed by atoms with van der Waals surface area (Å²) in [5, 5.41) is 0. The molecule has 2 rings (SSSR count). The Bertz CT molecular complexity index is 368. The maximum Gasteiger partial charge on any atom is 0.406 e. The molecular formula is C10H10F3NO2. The number of amides is 1. The Labute approximate surface area is 89.8 Å². The van der Waals surface area contributed by atoms with E-state index in [2.05, 4.69) is 0 Å². The van der Waals surface area contributed by atoms with Gasteiger partial charge in [0.25, 0.3) is 5.91 Å². The van der Waals surface area contributed by atoms with Crippen LogP contribution in [0.5, 0.6) is 0 Å². The zero-order valence-electron chi connectivity index (χ0n) is 8.33. The molecule has 1 fully saturated rings. The smallest absolute Gasteiger partial charge is 0.406 e. The normalized spacial score (nSPS) is 16.2. The zero-order chi connectivity index (χ0) is 11.8. The first kappa shape index (κ1) is 11.0. The average molecular weight is 233 g/mol. The van der Waals surface area contributed by atoms with Gasteiger partial charge < -0.3 is 9.32 Å². The molecule has 1 aromatic rings. The molecule has 0 aliphatic heterocycles. The number of nitrogens with zero attached hydrogens (tertiary/aromatic N) is 1. The predicted molar refractivity (Wildman–Crippen MR) is 48.8 cm³/mol. The minimum Gasteiger partial charge on any atom is -0.459 e. The van der Waals surface area contributed by atoms with E-state index in [1.165, 1.54) is 18.4 Å².